The maximum atomic E-state index is 13.5. The molecule has 0 saturated carbocycles. The quantitative estimate of drug-likeness (QED) is 0.326. The summed E-state index contributed by atoms with van der Waals surface area (Å²) in [5.41, 5.74) is 3.05. The Morgan fingerprint density at radius 1 is 0.943 bits per heavy atom. The van der Waals surface area contributed by atoms with Gasteiger partial charge in [-0.2, -0.15) is 5.10 Å². The molecular formula is C28H21N3O4. The third kappa shape index (κ3) is 3.73. The molecule has 5 aromatic rings. The van der Waals surface area contributed by atoms with E-state index < -0.39 is 6.04 Å². The molecule has 0 unspecified atom stereocenters. The van der Waals surface area contributed by atoms with Crippen LogP contribution in [0.2, 0.25) is 0 Å². The molecule has 7 nitrogen and oxygen atoms in total. The fraction of sp³-hybridized carbons (Fsp3) is 0.0714. The van der Waals surface area contributed by atoms with E-state index in [0.717, 1.165) is 11.3 Å². The van der Waals surface area contributed by atoms with Gasteiger partial charge in [-0.3, -0.25) is 9.89 Å². The third-order valence-electron chi connectivity index (χ3n) is 6.08. The van der Waals surface area contributed by atoms with Crippen molar-refractivity contribution in [2.75, 3.05) is 0 Å². The van der Waals surface area contributed by atoms with Crippen LogP contribution in [0.15, 0.2) is 102 Å². The van der Waals surface area contributed by atoms with Crippen LogP contribution in [-0.2, 0) is 6.54 Å². The molecule has 3 heterocycles. The molecule has 1 amide bonds. The molecule has 2 aromatic heterocycles. The molecule has 0 spiro atoms. The number of amides is 1. The van der Waals surface area contributed by atoms with Gasteiger partial charge in [0.15, 0.2) is 0 Å². The van der Waals surface area contributed by atoms with Crippen molar-refractivity contribution < 1.29 is 19.1 Å². The number of aromatic amines is 1. The second kappa shape index (κ2) is 8.53. The molecule has 1 aliphatic heterocycles. The molecule has 172 valence electrons. The van der Waals surface area contributed by atoms with E-state index in [-0.39, 0.29) is 18.2 Å². The van der Waals surface area contributed by atoms with Gasteiger partial charge in [-0.25, -0.2) is 0 Å². The fourth-order valence-electron chi connectivity index (χ4n) is 4.53. The molecule has 3 aromatic carbocycles. The van der Waals surface area contributed by atoms with E-state index in [2.05, 4.69) is 10.2 Å². The summed E-state index contributed by atoms with van der Waals surface area (Å²) in [6, 6.07) is 27.4. The van der Waals surface area contributed by atoms with Crippen LogP contribution < -0.4 is 4.74 Å². The minimum atomic E-state index is -0.463. The monoisotopic (exact) mass is 463 g/mol. The number of phenols is 1. The first-order chi connectivity index (χ1) is 17.2. The summed E-state index contributed by atoms with van der Waals surface area (Å²) in [4.78, 5) is 15.3. The summed E-state index contributed by atoms with van der Waals surface area (Å²) in [6.45, 7) is 0.281. The van der Waals surface area contributed by atoms with E-state index in [1.807, 2.05) is 66.7 Å². The number of hydrogen-bond donors (Lipinski definition) is 2. The van der Waals surface area contributed by atoms with Crippen molar-refractivity contribution in [3.8, 4) is 28.5 Å². The molecule has 0 aliphatic carbocycles. The Kier molecular flexibility index (Phi) is 5.07. The number of para-hydroxylation sites is 2. The average molecular weight is 463 g/mol. The number of nitrogens with one attached hydrogen (secondary N) is 1. The number of hydrogen-bond acceptors (Lipinski definition) is 5. The number of aromatic hydroxyl groups is 1. The maximum absolute atomic E-state index is 13.5. The molecule has 0 fully saturated rings. The van der Waals surface area contributed by atoms with E-state index in [1.165, 1.54) is 0 Å². The van der Waals surface area contributed by atoms with Crippen LogP contribution in [0.3, 0.4) is 0 Å². The molecule has 0 bridgehead atoms. The SMILES string of the molecule is O=C1c2[nH]nc(-c3ccccc3O)c2[C@@H](c2cccc(Oc3ccccc3)c2)N1Cc1ccco1. The lowest BCUT2D eigenvalue weighted by Crippen LogP contribution is -2.29. The zero-order valence-corrected chi connectivity index (χ0v) is 18.6. The number of benzene rings is 3. The van der Waals surface area contributed by atoms with Crippen LogP contribution in [0, 0.1) is 0 Å². The Balaban J connectivity index is 1.47. The standard InChI is InChI=1S/C28H21N3O4/c32-23-14-5-4-13-22(23)25-24-26(30-29-25)28(33)31(17-21-12-7-15-34-21)27(24)18-8-6-11-20(16-18)35-19-9-2-1-3-10-19/h1-16,27,32H,17H2,(H,29,30)/t27-/m1/s1. The number of fused-ring (bicyclic) bond motifs is 1. The second-order valence-electron chi connectivity index (χ2n) is 8.28. The van der Waals surface area contributed by atoms with Gasteiger partial charge in [-0.1, -0.05) is 42.5 Å². The molecule has 0 saturated heterocycles. The zero-order valence-electron chi connectivity index (χ0n) is 18.6. The molecule has 35 heavy (non-hydrogen) atoms. The highest BCUT2D eigenvalue weighted by atomic mass is 16.5. The highest BCUT2D eigenvalue weighted by Gasteiger charge is 2.43. The predicted octanol–water partition coefficient (Wildman–Crippen LogP) is 5.91. The number of phenolic OH excluding ortho intramolecular Hbond substituents is 1. The van der Waals surface area contributed by atoms with Gasteiger partial charge in [-0.05, 0) is 54.1 Å². The maximum Gasteiger partial charge on any atom is 0.273 e. The van der Waals surface area contributed by atoms with Crippen LogP contribution in [0.1, 0.15) is 33.4 Å². The van der Waals surface area contributed by atoms with Crippen molar-refractivity contribution in [3.05, 3.63) is 120 Å². The first-order valence-corrected chi connectivity index (χ1v) is 11.2. The van der Waals surface area contributed by atoms with E-state index in [9.17, 15) is 9.90 Å². The minimum Gasteiger partial charge on any atom is -0.507 e. The Bertz CT molecular complexity index is 1490. The third-order valence-corrected chi connectivity index (χ3v) is 6.08. The van der Waals surface area contributed by atoms with E-state index in [1.54, 1.807) is 35.4 Å². The highest BCUT2D eigenvalue weighted by molar-refractivity contribution is 6.00. The average Bonchev–Trinajstić information content (AvgIpc) is 3.60. The molecular weight excluding hydrogens is 442 g/mol. The number of H-pyrrole nitrogens is 1. The Labute approximate surface area is 201 Å². The van der Waals surface area contributed by atoms with Crippen LogP contribution in [0.4, 0.5) is 0 Å². The van der Waals surface area contributed by atoms with Crippen molar-refractivity contribution in [3.63, 3.8) is 0 Å². The smallest absolute Gasteiger partial charge is 0.273 e. The molecule has 6 rings (SSSR count). The molecule has 0 radical (unpaired) electrons. The van der Waals surface area contributed by atoms with Gasteiger partial charge in [0.1, 0.15) is 34.4 Å². The topological polar surface area (TPSA) is 91.6 Å². The van der Waals surface area contributed by atoms with Gasteiger partial charge in [0, 0.05) is 11.1 Å². The Morgan fingerprint density at radius 3 is 2.54 bits per heavy atom. The van der Waals surface area contributed by atoms with Crippen LogP contribution in [0.5, 0.6) is 17.2 Å². The van der Waals surface area contributed by atoms with E-state index in [0.29, 0.717) is 34.0 Å². The van der Waals surface area contributed by atoms with Gasteiger partial charge < -0.3 is 19.2 Å². The lowest BCUT2D eigenvalue weighted by atomic mass is 9.95. The lowest BCUT2D eigenvalue weighted by molar-refractivity contribution is 0.0717. The van der Waals surface area contributed by atoms with Crippen LogP contribution in [-0.4, -0.2) is 26.1 Å². The largest absolute Gasteiger partial charge is 0.507 e. The number of carbonyl (C=O) groups is 1. The summed E-state index contributed by atoms with van der Waals surface area (Å²) >= 11 is 0. The first-order valence-electron chi connectivity index (χ1n) is 11.2. The van der Waals surface area contributed by atoms with Gasteiger partial charge >= 0.3 is 0 Å². The zero-order chi connectivity index (χ0) is 23.8. The molecule has 2 N–H and O–H groups in total. The summed E-state index contributed by atoms with van der Waals surface area (Å²) in [5.74, 6) is 1.95. The minimum absolute atomic E-state index is 0.0960. The number of carbonyl (C=O) groups excluding carboxylic acids is 1. The lowest BCUT2D eigenvalue weighted by Gasteiger charge is -2.26. The second-order valence-corrected chi connectivity index (χ2v) is 8.28. The number of nitrogens with zero attached hydrogens (tertiary/aromatic N) is 2. The van der Waals surface area contributed by atoms with Gasteiger partial charge in [0.25, 0.3) is 5.91 Å². The van der Waals surface area contributed by atoms with Crippen molar-refractivity contribution in [1.29, 1.82) is 0 Å². The molecule has 1 aliphatic rings. The Hall–Kier alpha value is -4.78. The predicted molar refractivity (Wildman–Crippen MR) is 129 cm³/mol. The molecule has 7 heteroatoms. The summed E-state index contributed by atoms with van der Waals surface area (Å²) in [6.07, 6.45) is 1.59. The highest BCUT2D eigenvalue weighted by Crippen LogP contribution is 2.45. The van der Waals surface area contributed by atoms with E-state index in [4.69, 9.17) is 9.15 Å². The van der Waals surface area contributed by atoms with Crippen molar-refractivity contribution in [1.82, 2.24) is 15.1 Å². The number of rotatable bonds is 6. The van der Waals surface area contributed by atoms with Crippen molar-refractivity contribution in [2.45, 2.75) is 12.6 Å². The fourth-order valence-corrected chi connectivity index (χ4v) is 4.53. The van der Waals surface area contributed by atoms with Crippen LogP contribution in [0.25, 0.3) is 11.3 Å². The summed E-state index contributed by atoms with van der Waals surface area (Å²) in [5, 5.41) is 17.9. The van der Waals surface area contributed by atoms with Crippen molar-refractivity contribution >= 4 is 5.91 Å². The van der Waals surface area contributed by atoms with Gasteiger partial charge in [0.05, 0.1) is 18.8 Å². The van der Waals surface area contributed by atoms with Crippen LogP contribution >= 0.6 is 0 Å². The van der Waals surface area contributed by atoms with Gasteiger partial charge in [0.2, 0.25) is 0 Å². The summed E-state index contributed by atoms with van der Waals surface area (Å²) < 4.78 is 11.6. The normalized spacial score (nSPS) is 14.8. The first kappa shape index (κ1) is 20.8. The van der Waals surface area contributed by atoms with Crippen molar-refractivity contribution in [2.24, 2.45) is 0 Å². The van der Waals surface area contributed by atoms with Gasteiger partial charge in [-0.15, -0.1) is 0 Å². The summed E-state index contributed by atoms with van der Waals surface area (Å²) in [7, 11) is 0. The van der Waals surface area contributed by atoms with E-state index >= 15 is 0 Å². The Morgan fingerprint density at radius 2 is 1.74 bits per heavy atom. The number of aromatic nitrogens is 2. The number of ether oxygens (including phenoxy) is 1. The number of furan rings is 1. The molecule has 1 atom stereocenters.